The van der Waals surface area contributed by atoms with Gasteiger partial charge in [-0.3, -0.25) is 19.6 Å². The molecule has 0 saturated heterocycles. The first-order chi connectivity index (χ1) is 18.9. The van der Waals surface area contributed by atoms with Gasteiger partial charge in [0.05, 0.1) is 24.3 Å². The average molecular weight is 520 g/mol. The Hall–Kier alpha value is -4.46. The molecule has 8 nitrogen and oxygen atoms in total. The number of para-hydroxylation sites is 1. The molecule has 0 bridgehead atoms. The number of allylic oxidation sites excluding steroid dienone is 2. The van der Waals surface area contributed by atoms with Crippen LogP contribution < -0.4 is 10.2 Å². The first-order valence-electron chi connectivity index (χ1n) is 13.5. The first kappa shape index (κ1) is 24.9. The minimum Gasteiger partial charge on any atom is -0.338 e. The molecule has 2 atom stereocenters. The minimum atomic E-state index is -0.0916. The van der Waals surface area contributed by atoms with Crippen molar-refractivity contribution in [3.05, 3.63) is 95.7 Å². The summed E-state index contributed by atoms with van der Waals surface area (Å²) in [7, 11) is 1.81. The number of hydrogen-bond donors (Lipinski definition) is 1. The number of guanidine groups is 1. The molecule has 3 aromatic rings. The SMILES string of the molecule is C=CC(=NC=C(C)C)c1ccc(Cn2nc(Nc3ccccc3)c3c2N2C(=N[C@@H]4CCC[C@@H]42)N(C)C3=O)cc1. The van der Waals surface area contributed by atoms with Crippen molar-refractivity contribution in [1.29, 1.82) is 0 Å². The topological polar surface area (TPSA) is 78.1 Å². The van der Waals surface area contributed by atoms with Crippen LogP contribution in [0.3, 0.4) is 0 Å². The van der Waals surface area contributed by atoms with Crippen LogP contribution in [0.4, 0.5) is 17.3 Å². The van der Waals surface area contributed by atoms with Crippen molar-refractivity contribution < 1.29 is 4.79 Å². The minimum absolute atomic E-state index is 0.0916. The summed E-state index contributed by atoms with van der Waals surface area (Å²) in [5.74, 6) is 2.03. The van der Waals surface area contributed by atoms with Crippen molar-refractivity contribution in [3.8, 4) is 0 Å². The fourth-order valence-electron chi connectivity index (χ4n) is 5.64. The first-order valence-corrected chi connectivity index (χ1v) is 13.5. The number of hydrogen-bond acceptors (Lipinski definition) is 6. The van der Waals surface area contributed by atoms with Gasteiger partial charge >= 0.3 is 0 Å². The number of rotatable bonds is 7. The Bertz CT molecular complexity index is 1510. The van der Waals surface area contributed by atoms with E-state index in [2.05, 4.69) is 46.1 Å². The monoisotopic (exact) mass is 519 g/mol. The summed E-state index contributed by atoms with van der Waals surface area (Å²) >= 11 is 0. The lowest BCUT2D eigenvalue weighted by atomic mass is 10.1. The zero-order chi connectivity index (χ0) is 27.1. The van der Waals surface area contributed by atoms with Gasteiger partial charge in [-0.05, 0) is 56.9 Å². The van der Waals surface area contributed by atoms with Crippen LogP contribution in [-0.4, -0.2) is 51.4 Å². The van der Waals surface area contributed by atoms with Crippen LogP contribution in [-0.2, 0) is 6.54 Å². The second kappa shape index (κ2) is 10.0. The second-order valence-electron chi connectivity index (χ2n) is 10.5. The van der Waals surface area contributed by atoms with Gasteiger partial charge in [0.15, 0.2) is 5.82 Å². The average Bonchev–Trinajstić information content (AvgIpc) is 3.63. The van der Waals surface area contributed by atoms with E-state index in [0.29, 0.717) is 17.9 Å². The van der Waals surface area contributed by atoms with Gasteiger partial charge < -0.3 is 5.32 Å². The molecule has 39 heavy (non-hydrogen) atoms. The predicted molar refractivity (Wildman–Crippen MR) is 157 cm³/mol. The highest BCUT2D eigenvalue weighted by atomic mass is 16.2. The summed E-state index contributed by atoms with van der Waals surface area (Å²) < 4.78 is 1.96. The van der Waals surface area contributed by atoms with Crippen LogP contribution in [0.1, 0.15) is 54.6 Å². The maximum Gasteiger partial charge on any atom is 0.267 e. The van der Waals surface area contributed by atoms with Gasteiger partial charge in [-0.1, -0.05) is 54.6 Å². The summed E-state index contributed by atoms with van der Waals surface area (Å²) in [6.07, 6.45) is 6.86. The molecular formula is C31H33N7O. The summed E-state index contributed by atoms with van der Waals surface area (Å²) in [6, 6.07) is 18.6. The van der Waals surface area contributed by atoms with Crippen molar-refractivity contribution in [3.63, 3.8) is 0 Å². The quantitative estimate of drug-likeness (QED) is 0.403. The highest BCUT2D eigenvalue weighted by molar-refractivity contribution is 6.21. The molecule has 2 aliphatic heterocycles. The Morgan fingerprint density at radius 2 is 1.90 bits per heavy atom. The van der Waals surface area contributed by atoms with Gasteiger partial charge in [0.25, 0.3) is 5.91 Å². The van der Waals surface area contributed by atoms with Crippen LogP contribution in [0.2, 0.25) is 0 Å². The molecule has 1 saturated carbocycles. The Balaban J connectivity index is 1.40. The highest BCUT2D eigenvalue weighted by Gasteiger charge is 2.49. The Morgan fingerprint density at radius 1 is 1.13 bits per heavy atom. The molecule has 8 heteroatoms. The van der Waals surface area contributed by atoms with E-state index in [1.165, 1.54) is 0 Å². The third-order valence-electron chi connectivity index (χ3n) is 7.52. The summed E-state index contributed by atoms with van der Waals surface area (Å²) in [5.41, 5.74) is 5.51. The largest absolute Gasteiger partial charge is 0.338 e. The van der Waals surface area contributed by atoms with Crippen molar-refractivity contribution in [2.75, 3.05) is 17.3 Å². The molecule has 0 spiro atoms. The number of carbonyl (C=O) groups is 1. The van der Waals surface area contributed by atoms with Gasteiger partial charge in [0.2, 0.25) is 5.96 Å². The smallest absolute Gasteiger partial charge is 0.267 e. The van der Waals surface area contributed by atoms with E-state index in [-0.39, 0.29) is 18.0 Å². The van der Waals surface area contributed by atoms with E-state index < -0.39 is 0 Å². The predicted octanol–water partition coefficient (Wildman–Crippen LogP) is 5.76. The number of amides is 1. The van der Waals surface area contributed by atoms with Crippen LogP contribution in [0.25, 0.3) is 0 Å². The van der Waals surface area contributed by atoms with Crippen LogP contribution >= 0.6 is 0 Å². The number of aliphatic imine (C=N–C) groups is 2. The Labute approximate surface area is 229 Å². The van der Waals surface area contributed by atoms with Crippen molar-refractivity contribution >= 4 is 34.9 Å². The van der Waals surface area contributed by atoms with Crippen molar-refractivity contribution in [2.24, 2.45) is 9.98 Å². The molecule has 1 amide bonds. The molecule has 2 aromatic carbocycles. The normalized spacial score (nSPS) is 19.8. The number of fused-ring (bicyclic) bond motifs is 5. The molecule has 1 aromatic heterocycles. The molecule has 1 N–H and O–H groups in total. The summed E-state index contributed by atoms with van der Waals surface area (Å²) in [4.78, 5) is 27.2. The summed E-state index contributed by atoms with van der Waals surface area (Å²) in [6.45, 7) is 8.49. The van der Waals surface area contributed by atoms with Gasteiger partial charge in [0.1, 0.15) is 11.4 Å². The van der Waals surface area contributed by atoms with Gasteiger partial charge in [-0.2, -0.15) is 5.10 Å². The molecule has 0 unspecified atom stereocenters. The summed E-state index contributed by atoms with van der Waals surface area (Å²) in [5, 5.41) is 8.38. The number of aromatic nitrogens is 2. The maximum absolute atomic E-state index is 13.7. The maximum atomic E-state index is 13.7. The Morgan fingerprint density at radius 3 is 2.62 bits per heavy atom. The zero-order valence-corrected chi connectivity index (χ0v) is 22.6. The van der Waals surface area contributed by atoms with E-state index in [1.807, 2.05) is 62.1 Å². The molecule has 3 aliphatic rings. The van der Waals surface area contributed by atoms with E-state index in [9.17, 15) is 4.79 Å². The van der Waals surface area contributed by atoms with Gasteiger partial charge in [-0.25, -0.2) is 9.67 Å². The van der Waals surface area contributed by atoms with Crippen LogP contribution in [0.15, 0.2) is 89.0 Å². The standard InChI is InChI=1S/C31H33N7O/c1-5-24(32-18-20(2)3)22-16-14-21(15-17-22)19-37-29-27(28(35-37)33-23-10-7-6-8-11-23)30(39)36(4)31-34-25-12-9-13-26(25)38(29)31/h5-8,10-11,14-18,25-26H,1,9,12-13,19H2,2-4H3,(H,33,35)/t25-,26+/m1/s1. The lowest BCUT2D eigenvalue weighted by molar-refractivity contribution is 0.0865. The second-order valence-corrected chi connectivity index (χ2v) is 10.5. The zero-order valence-electron chi connectivity index (χ0n) is 22.6. The van der Waals surface area contributed by atoms with Gasteiger partial charge in [-0.15, -0.1) is 0 Å². The third-order valence-corrected chi connectivity index (χ3v) is 7.52. The third kappa shape index (κ3) is 4.46. The number of benzene rings is 2. The van der Waals surface area contributed by atoms with Crippen molar-refractivity contribution in [1.82, 2.24) is 14.7 Å². The lowest BCUT2D eigenvalue weighted by Gasteiger charge is -2.35. The lowest BCUT2D eigenvalue weighted by Crippen LogP contribution is -2.52. The van der Waals surface area contributed by atoms with Crippen molar-refractivity contribution in [2.45, 2.75) is 51.7 Å². The van der Waals surface area contributed by atoms with Gasteiger partial charge in [0, 0.05) is 24.5 Å². The number of nitrogens with one attached hydrogen (secondary N) is 1. The Kier molecular flexibility index (Phi) is 6.38. The molecular weight excluding hydrogens is 486 g/mol. The van der Waals surface area contributed by atoms with Crippen LogP contribution in [0, 0.1) is 0 Å². The molecule has 0 radical (unpaired) electrons. The molecule has 3 heterocycles. The van der Waals surface area contributed by atoms with Crippen LogP contribution in [0.5, 0.6) is 0 Å². The fourth-order valence-corrected chi connectivity index (χ4v) is 5.64. The van der Waals surface area contributed by atoms with E-state index >= 15 is 0 Å². The molecule has 6 rings (SSSR count). The molecule has 1 aliphatic carbocycles. The molecule has 198 valence electrons. The van der Waals surface area contributed by atoms with E-state index in [4.69, 9.17) is 10.1 Å². The van der Waals surface area contributed by atoms with E-state index in [1.54, 1.807) is 11.0 Å². The van der Waals surface area contributed by atoms with E-state index in [0.717, 1.165) is 59.1 Å². The number of carbonyl (C=O) groups excluding carboxylic acids is 1. The number of nitrogens with zero attached hydrogens (tertiary/aromatic N) is 6. The molecule has 1 fully saturated rings. The fraction of sp³-hybridized carbons (Fsp3) is 0.290. The number of anilines is 3. The highest BCUT2D eigenvalue weighted by Crippen LogP contribution is 2.43.